The summed E-state index contributed by atoms with van der Waals surface area (Å²) >= 11 is 0. The number of aromatic nitrogens is 3. The molecule has 20 heavy (non-hydrogen) atoms. The fourth-order valence-corrected chi connectivity index (χ4v) is 1.74. The van der Waals surface area contributed by atoms with Crippen LogP contribution in [0.3, 0.4) is 0 Å². The zero-order chi connectivity index (χ0) is 14.4. The molecule has 2 rings (SSSR count). The maximum atomic E-state index is 12.2. The molecule has 0 spiro atoms. The first-order valence-electron chi connectivity index (χ1n) is 6.41. The standard InChI is InChI=1S/C14H17N5O/c1-3-16-13-9-17-12(8-18-13)14(20)19(2)10-11-4-6-15-7-5-11/h4-9H,3,10H2,1-2H3,(H,16,18). The minimum atomic E-state index is -0.155. The molecular weight excluding hydrogens is 254 g/mol. The Bertz CT molecular complexity index is 556. The van der Waals surface area contributed by atoms with Crippen LogP contribution >= 0.6 is 0 Å². The SMILES string of the molecule is CCNc1cnc(C(=O)N(C)Cc2ccncc2)cn1. The smallest absolute Gasteiger partial charge is 0.274 e. The van der Waals surface area contributed by atoms with E-state index >= 15 is 0 Å². The van der Waals surface area contributed by atoms with E-state index in [1.807, 2.05) is 19.1 Å². The molecule has 1 N–H and O–H groups in total. The molecule has 2 aromatic rings. The molecule has 6 heteroatoms. The summed E-state index contributed by atoms with van der Waals surface area (Å²) in [6, 6.07) is 3.76. The normalized spacial score (nSPS) is 10.1. The van der Waals surface area contributed by atoms with Crippen molar-refractivity contribution < 1.29 is 4.79 Å². The van der Waals surface area contributed by atoms with Gasteiger partial charge in [-0.15, -0.1) is 0 Å². The molecule has 2 aromatic heterocycles. The summed E-state index contributed by atoms with van der Waals surface area (Å²) in [5.74, 6) is 0.512. The number of carbonyl (C=O) groups excluding carboxylic acids is 1. The third-order valence-electron chi connectivity index (χ3n) is 2.74. The van der Waals surface area contributed by atoms with E-state index in [0.717, 1.165) is 12.1 Å². The fraction of sp³-hybridized carbons (Fsp3) is 0.286. The first kappa shape index (κ1) is 13.9. The van der Waals surface area contributed by atoms with E-state index in [9.17, 15) is 4.79 Å². The molecule has 6 nitrogen and oxygen atoms in total. The molecule has 0 aliphatic rings. The largest absolute Gasteiger partial charge is 0.369 e. The van der Waals surface area contributed by atoms with Crippen molar-refractivity contribution in [1.82, 2.24) is 19.9 Å². The van der Waals surface area contributed by atoms with Crippen LogP contribution in [0.2, 0.25) is 0 Å². The molecule has 0 atom stereocenters. The Balaban J connectivity index is 2.03. The van der Waals surface area contributed by atoms with Crippen molar-refractivity contribution in [2.75, 3.05) is 18.9 Å². The summed E-state index contributed by atoms with van der Waals surface area (Å²) in [5, 5.41) is 3.04. The van der Waals surface area contributed by atoms with Crippen molar-refractivity contribution in [2.24, 2.45) is 0 Å². The Kier molecular flexibility index (Phi) is 4.60. The molecule has 2 heterocycles. The van der Waals surface area contributed by atoms with Crippen LogP contribution in [-0.4, -0.2) is 39.4 Å². The first-order chi connectivity index (χ1) is 9.70. The topological polar surface area (TPSA) is 71.0 Å². The average Bonchev–Trinajstić information content (AvgIpc) is 2.48. The van der Waals surface area contributed by atoms with E-state index in [1.165, 1.54) is 6.20 Å². The van der Waals surface area contributed by atoms with E-state index in [0.29, 0.717) is 18.1 Å². The summed E-state index contributed by atoms with van der Waals surface area (Å²) in [7, 11) is 1.74. The molecule has 0 radical (unpaired) electrons. The number of amides is 1. The van der Waals surface area contributed by atoms with Crippen molar-refractivity contribution in [3.05, 3.63) is 48.2 Å². The molecule has 0 unspecified atom stereocenters. The second-order valence-corrected chi connectivity index (χ2v) is 4.33. The highest BCUT2D eigenvalue weighted by Crippen LogP contribution is 2.07. The van der Waals surface area contributed by atoms with Crippen molar-refractivity contribution in [3.8, 4) is 0 Å². The van der Waals surface area contributed by atoms with Crippen LogP contribution in [0.1, 0.15) is 23.0 Å². The zero-order valence-electron chi connectivity index (χ0n) is 11.6. The molecule has 0 saturated carbocycles. The minimum absolute atomic E-state index is 0.155. The second kappa shape index (κ2) is 6.60. The van der Waals surface area contributed by atoms with E-state index < -0.39 is 0 Å². The lowest BCUT2D eigenvalue weighted by Gasteiger charge is -2.16. The highest BCUT2D eigenvalue weighted by Gasteiger charge is 2.13. The van der Waals surface area contributed by atoms with Crippen LogP contribution in [-0.2, 0) is 6.54 Å². The number of hydrogen-bond acceptors (Lipinski definition) is 5. The number of nitrogens with zero attached hydrogens (tertiary/aromatic N) is 4. The lowest BCUT2D eigenvalue weighted by Crippen LogP contribution is -2.27. The maximum Gasteiger partial charge on any atom is 0.274 e. The summed E-state index contributed by atoms with van der Waals surface area (Å²) < 4.78 is 0. The molecular formula is C14H17N5O. The number of hydrogen-bond donors (Lipinski definition) is 1. The van der Waals surface area contributed by atoms with Crippen LogP contribution < -0.4 is 5.32 Å². The number of anilines is 1. The summed E-state index contributed by atoms with van der Waals surface area (Å²) in [6.07, 6.45) is 6.47. The molecule has 0 aliphatic heterocycles. The van der Waals surface area contributed by atoms with Crippen molar-refractivity contribution >= 4 is 11.7 Å². The van der Waals surface area contributed by atoms with Crippen LogP contribution in [0, 0.1) is 0 Å². The van der Waals surface area contributed by atoms with Gasteiger partial charge in [0.05, 0.1) is 12.4 Å². The molecule has 104 valence electrons. The molecule has 1 amide bonds. The van der Waals surface area contributed by atoms with Crippen molar-refractivity contribution in [3.63, 3.8) is 0 Å². The van der Waals surface area contributed by atoms with Gasteiger partial charge in [0, 0.05) is 32.5 Å². The third-order valence-corrected chi connectivity index (χ3v) is 2.74. The second-order valence-electron chi connectivity index (χ2n) is 4.33. The third kappa shape index (κ3) is 3.50. The van der Waals surface area contributed by atoms with Gasteiger partial charge in [-0.25, -0.2) is 9.97 Å². The predicted molar refractivity (Wildman–Crippen MR) is 76.2 cm³/mol. The quantitative estimate of drug-likeness (QED) is 0.894. The Morgan fingerprint density at radius 1 is 1.25 bits per heavy atom. The first-order valence-corrected chi connectivity index (χ1v) is 6.41. The van der Waals surface area contributed by atoms with Gasteiger partial charge in [-0.2, -0.15) is 0 Å². The van der Waals surface area contributed by atoms with Crippen molar-refractivity contribution in [2.45, 2.75) is 13.5 Å². The van der Waals surface area contributed by atoms with Gasteiger partial charge in [-0.3, -0.25) is 9.78 Å². The number of carbonyl (C=O) groups is 1. The Hall–Kier alpha value is -2.50. The van der Waals surface area contributed by atoms with E-state index in [1.54, 1.807) is 30.5 Å². The Morgan fingerprint density at radius 2 is 2.00 bits per heavy atom. The minimum Gasteiger partial charge on any atom is -0.369 e. The van der Waals surface area contributed by atoms with Crippen molar-refractivity contribution in [1.29, 1.82) is 0 Å². The predicted octanol–water partition coefficient (Wildman–Crippen LogP) is 1.58. The average molecular weight is 271 g/mol. The monoisotopic (exact) mass is 271 g/mol. The number of rotatable bonds is 5. The van der Waals surface area contributed by atoms with Gasteiger partial charge in [0.15, 0.2) is 0 Å². The van der Waals surface area contributed by atoms with Gasteiger partial charge in [-0.05, 0) is 24.6 Å². The Labute approximate surface area is 117 Å². The molecule has 0 saturated heterocycles. The molecule has 0 fully saturated rings. The molecule has 0 bridgehead atoms. The van der Waals surface area contributed by atoms with Crippen LogP contribution in [0.25, 0.3) is 0 Å². The van der Waals surface area contributed by atoms with Gasteiger partial charge in [0.2, 0.25) is 0 Å². The summed E-state index contributed by atoms with van der Waals surface area (Å²) in [6.45, 7) is 3.26. The lowest BCUT2D eigenvalue weighted by molar-refractivity contribution is 0.0779. The van der Waals surface area contributed by atoms with Crippen LogP contribution in [0.15, 0.2) is 36.9 Å². The molecule has 0 aromatic carbocycles. The lowest BCUT2D eigenvalue weighted by atomic mass is 10.2. The summed E-state index contributed by atoms with van der Waals surface area (Å²) in [5.41, 5.74) is 1.36. The van der Waals surface area contributed by atoms with Crippen LogP contribution in [0.4, 0.5) is 5.82 Å². The number of nitrogens with one attached hydrogen (secondary N) is 1. The van der Waals surface area contributed by atoms with E-state index in [4.69, 9.17) is 0 Å². The van der Waals surface area contributed by atoms with Gasteiger partial charge >= 0.3 is 0 Å². The maximum absolute atomic E-state index is 12.2. The van der Waals surface area contributed by atoms with Gasteiger partial charge < -0.3 is 10.2 Å². The highest BCUT2D eigenvalue weighted by atomic mass is 16.2. The fourth-order valence-electron chi connectivity index (χ4n) is 1.74. The van der Waals surface area contributed by atoms with Gasteiger partial charge in [0.25, 0.3) is 5.91 Å². The van der Waals surface area contributed by atoms with Gasteiger partial charge in [0.1, 0.15) is 11.5 Å². The zero-order valence-corrected chi connectivity index (χ0v) is 11.6. The van der Waals surface area contributed by atoms with E-state index in [2.05, 4.69) is 20.3 Å². The number of pyridine rings is 1. The van der Waals surface area contributed by atoms with Crippen LogP contribution in [0.5, 0.6) is 0 Å². The molecule has 0 aliphatic carbocycles. The Morgan fingerprint density at radius 3 is 2.60 bits per heavy atom. The summed E-state index contributed by atoms with van der Waals surface area (Å²) in [4.78, 5) is 26.0. The van der Waals surface area contributed by atoms with E-state index in [-0.39, 0.29) is 5.91 Å². The van der Waals surface area contributed by atoms with Gasteiger partial charge in [-0.1, -0.05) is 0 Å². The highest BCUT2D eigenvalue weighted by molar-refractivity contribution is 5.91.